The molecule has 0 spiro atoms. The van der Waals surface area contributed by atoms with Crippen molar-refractivity contribution in [1.29, 1.82) is 0 Å². The van der Waals surface area contributed by atoms with Gasteiger partial charge in [-0.1, -0.05) is 18.2 Å². The molecule has 22 heavy (non-hydrogen) atoms. The molecule has 1 aliphatic rings. The van der Waals surface area contributed by atoms with E-state index in [9.17, 15) is 9.59 Å². The molecule has 0 aliphatic carbocycles. The highest BCUT2D eigenvalue weighted by atomic mass is 16.5. The second-order valence-corrected chi connectivity index (χ2v) is 5.16. The van der Waals surface area contributed by atoms with Crippen molar-refractivity contribution in [2.45, 2.75) is 6.92 Å². The minimum atomic E-state index is -0.458. The van der Waals surface area contributed by atoms with E-state index in [0.29, 0.717) is 11.3 Å². The van der Waals surface area contributed by atoms with Crippen LogP contribution in [0.2, 0.25) is 0 Å². The number of carbonyl (C=O) groups excluding carboxylic acids is 2. The zero-order chi connectivity index (χ0) is 15.7. The lowest BCUT2D eigenvalue weighted by molar-refractivity contribution is -0.138. The zero-order valence-electron chi connectivity index (χ0n) is 12.4. The number of amides is 1. The predicted molar refractivity (Wildman–Crippen MR) is 84.6 cm³/mol. The molecule has 5 heteroatoms. The van der Waals surface area contributed by atoms with Crippen LogP contribution in [0.3, 0.4) is 0 Å². The Morgan fingerprint density at radius 2 is 1.95 bits per heavy atom. The first-order valence-corrected chi connectivity index (χ1v) is 6.95. The molecule has 0 saturated heterocycles. The molecule has 0 atom stereocenters. The van der Waals surface area contributed by atoms with Crippen LogP contribution in [0.25, 0.3) is 0 Å². The van der Waals surface area contributed by atoms with Crippen LogP contribution in [-0.2, 0) is 9.53 Å². The molecule has 3 rings (SSSR count). The van der Waals surface area contributed by atoms with Crippen molar-refractivity contribution in [3.8, 4) is 0 Å². The second kappa shape index (κ2) is 5.52. The number of nitrogens with one attached hydrogen (secondary N) is 1. The van der Waals surface area contributed by atoms with Gasteiger partial charge in [0.25, 0.3) is 5.91 Å². The summed E-state index contributed by atoms with van der Waals surface area (Å²) in [6, 6.07) is 13.0. The van der Waals surface area contributed by atoms with Crippen LogP contribution in [-0.4, -0.2) is 25.5 Å². The van der Waals surface area contributed by atoms with Crippen molar-refractivity contribution < 1.29 is 14.3 Å². The number of anilines is 3. The van der Waals surface area contributed by atoms with Crippen LogP contribution in [0.1, 0.15) is 15.9 Å². The summed E-state index contributed by atoms with van der Waals surface area (Å²) in [5.41, 5.74) is 3.72. The Labute approximate surface area is 128 Å². The fraction of sp³-hybridized carbons (Fsp3) is 0.176. The summed E-state index contributed by atoms with van der Waals surface area (Å²) in [7, 11) is 1.31. The first kappa shape index (κ1) is 14.1. The van der Waals surface area contributed by atoms with Crippen LogP contribution >= 0.6 is 0 Å². The van der Waals surface area contributed by atoms with Crippen LogP contribution in [0.4, 0.5) is 17.1 Å². The maximum absolute atomic E-state index is 12.8. The van der Waals surface area contributed by atoms with Crippen LogP contribution in [0.5, 0.6) is 0 Å². The van der Waals surface area contributed by atoms with Crippen LogP contribution in [0, 0.1) is 6.92 Å². The van der Waals surface area contributed by atoms with Gasteiger partial charge in [-0.25, -0.2) is 0 Å². The normalized spacial score (nSPS) is 12.8. The van der Waals surface area contributed by atoms with Crippen molar-refractivity contribution in [2.24, 2.45) is 0 Å². The maximum Gasteiger partial charge on any atom is 0.325 e. The summed E-state index contributed by atoms with van der Waals surface area (Å²) in [6.45, 7) is 1.82. The number of esters is 1. The van der Waals surface area contributed by atoms with E-state index in [1.165, 1.54) is 12.0 Å². The summed E-state index contributed by atoms with van der Waals surface area (Å²) >= 11 is 0. The van der Waals surface area contributed by atoms with Gasteiger partial charge in [0.05, 0.1) is 29.7 Å². The van der Waals surface area contributed by atoms with Crippen molar-refractivity contribution in [1.82, 2.24) is 0 Å². The number of methoxy groups -OCH3 is 1. The number of nitrogens with zero attached hydrogens (tertiary/aromatic N) is 1. The topological polar surface area (TPSA) is 58.6 Å². The Hall–Kier alpha value is -2.82. The van der Waals surface area contributed by atoms with Gasteiger partial charge < -0.3 is 10.1 Å². The molecular formula is C17H16N2O3. The molecule has 1 heterocycles. The number of hydrogen-bond acceptors (Lipinski definition) is 4. The Balaban J connectivity index is 2.16. The zero-order valence-corrected chi connectivity index (χ0v) is 12.4. The van der Waals surface area contributed by atoms with Gasteiger partial charge in [0, 0.05) is 0 Å². The summed E-state index contributed by atoms with van der Waals surface area (Å²) in [4.78, 5) is 26.0. The van der Waals surface area contributed by atoms with Gasteiger partial charge in [0.1, 0.15) is 6.54 Å². The molecule has 1 amide bonds. The van der Waals surface area contributed by atoms with Gasteiger partial charge in [-0.05, 0) is 36.8 Å². The summed E-state index contributed by atoms with van der Waals surface area (Å²) in [5.74, 6) is -0.682. The average Bonchev–Trinajstić information content (AvgIpc) is 2.64. The molecule has 112 valence electrons. The first-order chi connectivity index (χ1) is 10.6. The average molecular weight is 296 g/mol. The van der Waals surface area contributed by atoms with E-state index in [4.69, 9.17) is 4.74 Å². The number of fused-ring (bicyclic) bond motifs is 2. The third-order valence-electron chi connectivity index (χ3n) is 3.63. The van der Waals surface area contributed by atoms with Gasteiger partial charge in [-0.3, -0.25) is 14.5 Å². The molecule has 2 aromatic rings. The third-order valence-corrected chi connectivity index (χ3v) is 3.63. The summed E-state index contributed by atoms with van der Waals surface area (Å²) < 4.78 is 4.72. The molecule has 0 saturated carbocycles. The molecule has 1 aliphatic heterocycles. The molecule has 5 nitrogen and oxygen atoms in total. The molecule has 0 fully saturated rings. The SMILES string of the molecule is COC(=O)CN1C(=O)c2ccccc2Nc2ccc(C)cc21. The maximum atomic E-state index is 12.8. The Morgan fingerprint density at radius 3 is 2.73 bits per heavy atom. The van der Waals surface area contributed by atoms with E-state index < -0.39 is 5.97 Å². The fourth-order valence-corrected chi connectivity index (χ4v) is 2.50. The quantitative estimate of drug-likeness (QED) is 0.866. The predicted octanol–water partition coefficient (Wildman–Crippen LogP) is 2.87. The minimum Gasteiger partial charge on any atom is -0.468 e. The molecule has 0 radical (unpaired) electrons. The molecule has 0 unspecified atom stereocenters. The third kappa shape index (κ3) is 2.41. The number of hydrogen-bond donors (Lipinski definition) is 1. The summed E-state index contributed by atoms with van der Waals surface area (Å²) in [5, 5.41) is 3.27. The van der Waals surface area contributed by atoms with Crippen molar-refractivity contribution >= 4 is 28.9 Å². The lowest BCUT2D eigenvalue weighted by Gasteiger charge is -2.22. The second-order valence-electron chi connectivity index (χ2n) is 5.16. The van der Waals surface area contributed by atoms with Gasteiger partial charge in [0.15, 0.2) is 0 Å². The van der Waals surface area contributed by atoms with Crippen molar-refractivity contribution in [3.05, 3.63) is 53.6 Å². The molecular weight excluding hydrogens is 280 g/mol. The Kier molecular flexibility index (Phi) is 3.55. The van der Waals surface area contributed by atoms with Crippen molar-refractivity contribution in [2.75, 3.05) is 23.9 Å². The highest BCUT2D eigenvalue weighted by Gasteiger charge is 2.28. The highest BCUT2D eigenvalue weighted by molar-refractivity contribution is 6.15. The fourth-order valence-electron chi connectivity index (χ4n) is 2.50. The summed E-state index contributed by atoms with van der Waals surface area (Å²) in [6.07, 6.45) is 0. The van der Waals surface area contributed by atoms with E-state index in [-0.39, 0.29) is 12.5 Å². The number of carbonyl (C=O) groups is 2. The molecule has 1 N–H and O–H groups in total. The van der Waals surface area contributed by atoms with E-state index in [1.54, 1.807) is 12.1 Å². The van der Waals surface area contributed by atoms with Crippen molar-refractivity contribution in [3.63, 3.8) is 0 Å². The van der Waals surface area contributed by atoms with E-state index >= 15 is 0 Å². The molecule has 0 bridgehead atoms. The number of benzene rings is 2. The standard InChI is InChI=1S/C17H16N2O3/c1-11-7-8-14-15(9-11)19(10-16(20)22-2)17(21)12-5-3-4-6-13(12)18-14/h3-9,18H,10H2,1-2H3. The monoisotopic (exact) mass is 296 g/mol. The molecule has 2 aromatic carbocycles. The number of aryl methyl sites for hydroxylation is 1. The number of para-hydroxylation sites is 1. The van der Waals surface area contributed by atoms with Crippen LogP contribution in [0.15, 0.2) is 42.5 Å². The lowest BCUT2D eigenvalue weighted by atomic mass is 10.1. The van der Waals surface area contributed by atoms with E-state index in [2.05, 4.69) is 5.32 Å². The van der Waals surface area contributed by atoms with E-state index in [0.717, 1.165) is 16.9 Å². The minimum absolute atomic E-state index is 0.123. The van der Waals surface area contributed by atoms with Crippen LogP contribution < -0.4 is 10.2 Å². The number of ether oxygens (including phenoxy) is 1. The van der Waals surface area contributed by atoms with Gasteiger partial charge in [-0.15, -0.1) is 0 Å². The Morgan fingerprint density at radius 1 is 1.18 bits per heavy atom. The van der Waals surface area contributed by atoms with Gasteiger partial charge >= 0.3 is 5.97 Å². The highest BCUT2D eigenvalue weighted by Crippen LogP contribution is 2.36. The van der Waals surface area contributed by atoms with Gasteiger partial charge in [0.2, 0.25) is 0 Å². The first-order valence-electron chi connectivity index (χ1n) is 6.95. The largest absolute Gasteiger partial charge is 0.468 e. The Bertz CT molecular complexity index is 755. The van der Waals surface area contributed by atoms with E-state index in [1.807, 2.05) is 37.3 Å². The smallest absolute Gasteiger partial charge is 0.325 e. The van der Waals surface area contributed by atoms with Gasteiger partial charge in [-0.2, -0.15) is 0 Å². The lowest BCUT2D eigenvalue weighted by Crippen LogP contribution is -2.35. The molecule has 0 aromatic heterocycles. The number of rotatable bonds is 2.